The standard InChI is InChI=1S/C13H17NO4/c1-13(2,12(16)17-3)14-11(15)9-7-8(9)10-5-4-6-18-10/h4-6,8-9H,7H2,1-3H3,(H,14,15)/t8-,9-/m0/s1. The van der Waals surface area contributed by atoms with Crippen LogP contribution in [0.2, 0.25) is 0 Å². The van der Waals surface area contributed by atoms with Crippen LogP contribution >= 0.6 is 0 Å². The Hall–Kier alpha value is -1.78. The van der Waals surface area contributed by atoms with Crippen molar-refractivity contribution in [2.24, 2.45) is 5.92 Å². The molecule has 5 heteroatoms. The van der Waals surface area contributed by atoms with Crippen LogP contribution in [0.25, 0.3) is 0 Å². The highest BCUT2D eigenvalue weighted by Crippen LogP contribution is 2.47. The number of amides is 1. The molecule has 18 heavy (non-hydrogen) atoms. The summed E-state index contributed by atoms with van der Waals surface area (Å²) < 4.78 is 9.91. The Balaban J connectivity index is 1.93. The van der Waals surface area contributed by atoms with Gasteiger partial charge in [-0.05, 0) is 32.4 Å². The first-order valence-corrected chi connectivity index (χ1v) is 5.89. The van der Waals surface area contributed by atoms with Crippen LogP contribution in [0.15, 0.2) is 22.8 Å². The van der Waals surface area contributed by atoms with Gasteiger partial charge in [0.15, 0.2) is 0 Å². The van der Waals surface area contributed by atoms with E-state index in [-0.39, 0.29) is 17.7 Å². The number of ether oxygens (including phenoxy) is 1. The third kappa shape index (κ3) is 2.39. The lowest BCUT2D eigenvalue weighted by molar-refractivity contribution is -0.149. The Kier molecular flexibility index (Phi) is 3.15. The second-order valence-electron chi connectivity index (χ2n) is 5.07. The van der Waals surface area contributed by atoms with Crippen LogP contribution in [0, 0.1) is 5.92 Å². The highest BCUT2D eigenvalue weighted by molar-refractivity contribution is 5.90. The number of carbonyl (C=O) groups excluding carboxylic acids is 2. The molecule has 1 aliphatic carbocycles. The van der Waals surface area contributed by atoms with E-state index in [2.05, 4.69) is 10.1 Å². The zero-order chi connectivity index (χ0) is 13.3. The lowest BCUT2D eigenvalue weighted by atomic mass is 10.1. The summed E-state index contributed by atoms with van der Waals surface area (Å²) in [6, 6.07) is 3.67. The second-order valence-corrected chi connectivity index (χ2v) is 5.07. The molecule has 1 amide bonds. The summed E-state index contributed by atoms with van der Waals surface area (Å²) in [5, 5.41) is 2.71. The predicted molar refractivity (Wildman–Crippen MR) is 63.8 cm³/mol. The Bertz CT molecular complexity index is 450. The fourth-order valence-electron chi connectivity index (χ4n) is 2.01. The minimum Gasteiger partial charge on any atom is -0.469 e. The summed E-state index contributed by atoms with van der Waals surface area (Å²) >= 11 is 0. The molecule has 98 valence electrons. The van der Waals surface area contributed by atoms with Gasteiger partial charge in [0.05, 0.1) is 13.4 Å². The van der Waals surface area contributed by atoms with Crippen molar-refractivity contribution in [1.29, 1.82) is 0 Å². The van der Waals surface area contributed by atoms with Gasteiger partial charge in [-0.2, -0.15) is 0 Å². The van der Waals surface area contributed by atoms with Crippen LogP contribution in [-0.4, -0.2) is 24.5 Å². The highest BCUT2D eigenvalue weighted by atomic mass is 16.5. The summed E-state index contributed by atoms with van der Waals surface area (Å²) in [5.74, 6) is 0.261. The molecular formula is C13H17NO4. The Morgan fingerprint density at radius 2 is 2.22 bits per heavy atom. The van der Waals surface area contributed by atoms with Crippen LogP contribution in [0.3, 0.4) is 0 Å². The van der Waals surface area contributed by atoms with Gasteiger partial charge in [0, 0.05) is 11.8 Å². The molecule has 2 rings (SSSR count). The number of rotatable bonds is 4. The number of esters is 1. The number of hydrogen-bond donors (Lipinski definition) is 1. The third-order valence-electron chi connectivity index (χ3n) is 3.17. The van der Waals surface area contributed by atoms with Crippen LogP contribution in [0.1, 0.15) is 31.9 Å². The van der Waals surface area contributed by atoms with Crippen molar-refractivity contribution in [2.75, 3.05) is 7.11 Å². The zero-order valence-corrected chi connectivity index (χ0v) is 10.7. The smallest absolute Gasteiger partial charge is 0.330 e. The van der Waals surface area contributed by atoms with E-state index in [0.29, 0.717) is 0 Å². The number of nitrogens with one attached hydrogen (secondary N) is 1. The van der Waals surface area contributed by atoms with Gasteiger partial charge in [-0.3, -0.25) is 4.79 Å². The second kappa shape index (κ2) is 4.48. The first-order chi connectivity index (χ1) is 8.45. The van der Waals surface area contributed by atoms with Crippen molar-refractivity contribution >= 4 is 11.9 Å². The monoisotopic (exact) mass is 251 g/mol. The fourth-order valence-corrected chi connectivity index (χ4v) is 2.01. The molecule has 5 nitrogen and oxygen atoms in total. The molecule has 0 aliphatic heterocycles. The van der Waals surface area contributed by atoms with Gasteiger partial charge < -0.3 is 14.5 Å². The van der Waals surface area contributed by atoms with Crippen molar-refractivity contribution in [1.82, 2.24) is 5.32 Å². The van der Waals surface area contributed by atoms with Crippen LogP contribution in [0.5, 0.6) is 0 Å². The SMILES string of the molecule is COC(=O)C(C)(C)NC(=O)[C@H]1C[C@@H]1c1ccco1. The summed E-state index contributed by atoms with van der Waals surface area (Å²) in [6.45, 7) is 3.25. The molecule has 1 aromatic rings. The quantitative estimate of drug-likeness (QED) is 0.822. The molecule has 2 atom stereocenters. The molecule has 1 aromatic heterocycles. The number of hydrogen-bond acceptors (Lipinski definition) is 4. The molecule has 0 aromatic carbocycles. The normalized spacial score (nSPS) is 22.4. The van der Waals surface area contributed by atoms with Gasteiger partial charge in [0.1, 0.15) is 11.3 Å². The lowest BCUT2D eigenvalue weighted by Gasteiger charge is -2.23. The Labute approximate surface area is 105 Å². The van der Waals surface area contributed by atoms with Crippen molar-refractivity contribution in [3.63, 3.8) is 0 Å². The first-order valence-electron chi connectivity index (χ1n) is 5.89. The molecule has 0 spiro atoms. The molecule has 1 fully saturated rings. The highest BCUT2D eigenvalue weighted by Gasteiger charge is 2.47. The van der Waals surface area contributed by atoms with Gasteiger partial charge in [0.25, 0.3) is 0 Å². The van der Waals surface area contributed by atoms with Crippen LogP contribution in [0.4, 0.5) is 0 Å². The molecule has 0 unspecified atom stereocenters. The van der Waals surface area contributed by atoms with E-state index >= 15 is 0 Å². The average Bonchev–Trinajstić information content (AvgIpc) is 2.94. The van der Waals surface area contributed by atoms with Crippen molar-refractivity contribution < 1.29 is 18.7 Å². The van der Waals surface area contributed by atoms with Crippen LogP contribution in [-0.2, 0) is 14.3 Å². The first kappa shape index (κ1) is 12.7. The Morgan fingerprint density at radius 3 is 2.78 bits per heavy atom. The molecule has 0 bridgehead atoms. The van der Waals surface area contributed by atoms with E-state index in [4.69, 9.17) is 4.42 Å². The zero-order valence-electron chi connectivity index (χ0n) is 10.7. The lowest BCUT2D eigenvalue weighted by Crippen LogP contribution is -2.51. The van der Waals surface area contributed by atoms with E-state index in [1.165, 1.54) is 7.11 Å². The molecular weight excluding hydrogens is 234 g/mol. The number of methoxy groups -OCH3 is 1. The topological polar surface area (TPSA) is 68.5 Å². The summed E-state index contributed by atoms with van der Waals surface area (Å²) in [5.41, 5.74) is -0.998. The summed E-state index contributed by atoms with van der Waals surface area (Å²) in [6.07, 6.45) is 2.36. The van der Waals surface area contributed by atoms with Gasteiger partial charge in [-0.15, -0.1) is 0 Å². The molecule has 1 aliphatic rings. The van der Waals surface area contributed by atoms with Crippen molar-refractivity contribution in [3.8, 4) is 0 Å². The maximum absolute atomic E-state index is 12.0. The number of carbonyl (C=O) groups is 2. The fraction of sp³-hybridized carbons (Fsp3) is 0.538. The summed E-state index contributed by atoms with van der Waals surface area (Å²) in [4.78, 5) is 23.5. The van der Waals surface area contributed by atoms with Gasteiger partial charge in [-0.25, -0.2) is 4.79 Å². The summed E-state index contributed by atoms with van der Waals surface area (Å²) in [7, 11) is 1.30. The molecule has 1 N–H and O–H groups in total. The van der Waals surface area contributed by atoms with E-state index < -0.39 is 11.5 Å². The maximum atomic E-state index is 12.0. The largest absolute Gasteiger partial charge is 0.469 e. The molecule has 1 saturated carbocycles. The number of furan rings is 1. The van der Waals surface area contributed by atoms with Gasteiger partial charge >= 0.3 is 5.97 Å². The van der Waals surface area contributed by atoms with Crippen molar-refractivity contribution in [2.45, 2.75) is 31.7 Å². The average molecular weight is 251 g/mol. The minimum atomic E-state index is -0.998. The predicted octanol–water partition coefficient (Wildman–Crippen LogP) is 1.45. The van der Waals surface area contributed by atoms with E-state index in [1.54, 1.807) is 26.2 Å². The van der Waals surface area contributed by atoms with Crippen LogP contribution < -0.4 is 5.32 Å². The van der Waals surface area contributed by atoms with E-state index in [0.717, 1.165) is 12.2 Å². The maximum Gasteiger partial charge on any atom is 0.330 e. The molecule has 1 heterocycles. The van der Waals surface area contributed by atoms with E-state index in [1.807, 2.05) is 6.07 Å². The van der Waals surface area contributed by atoms with E-state index in [9.17, 15) is 9.59 Å². The van der Waals surface area contributed by atoms with Gasteiger partial charge in [0.2, 0.25) is 5.91 Å². The molecule has 0 radical (unpaired) electrons. The third-order valence-corrected chi connectivity index (χ3v) is 3.17. The Morgan fingerprint density at radius 1 is 1.50 bits per heavy atom. The molecule has 0 saturated heterocycles. The van der Waals surface area contributed by atoms with Gasteiger partial charge in [-0.1, -0.05) is 0 Å². The minimum absolute atomic E-state index is 0.111. The van der Waals surface area contributed by atoms with Crippen molar-refractivity contribution in [3.05, 3.63) is 24.2 Å².